The number of benzene rings is 1. The van der Waals surface area contributed by atoms with Gasteiger partial charge in [-0.15, -0.1) is 0 Å². The number of amides is 1. The van der Waals surface area contributed by atoms with E-state index in [1.165, 1.54) is 25.9 Å². The van der Waals surface area contributed by atoms with E-state index in [9.17, 15) is 4.79 Å². The summed E-state index contributed by atoms with van der Waals surface area (Å²) in [5, 5.41) is 0. The fourth-order valence-electron chi connectivity index (χ4n) is 2.83. The highest BCUT2D eigenvalue weighted by Gasteiger charge is 2.18. The van der Waals surface area contributed by atoms with Crippen molar-refractivity contribution in [2.45, 2.75) is 38.9 Å². The number of rotatable bonds is 8. The smallest absolute Gasteiger partial charge is 0.251 e. The molecule has 1 aliphatic heterocycles. The summed E-state index contributed by atoms with van der Waals surface area (Å²) in [6.07, 6.45) is 3.28. The van der Waals surface area contributed by atoms with E-state index in [0.29, 0.717) is 6.61 Å². The summed E-state index contributed by atoms with van der Waals surface area (Å²) in [6, 6.07) is 9.96. The molecule has 0 saturated carbocycles. The Bertz CT molecular complexity index is 444. The molecule has 0 radical (unpaired) electrons. The Hall–Kier alpha value is -1.39. The zero-order valence-corrected chi connectivity index (χ0v) is 13.8. The Labute approximate surface area is 134 Å². The second kappa shape index (κ2) is 8.91. The van der Waals surface area contributed by atoms with E-state index in [1.54, 1.807) is 4.90 Å². The zero-order valence-electron chi connectivity index (χ0n) is 13.8. The van der Waals surface area contributed by atoms with E-state index in [-0.39, 0.29) is 5.91 Å². The van der Waals surface area contributed by atoms with Crippen molar-refractivity contribution in [3.05, 3.63) is 35.9 Å². The van der Waals surface area contributed by atoms with Crippen molar-refractivity contribution < 1.29 is 9.53 Å². The molecule has 1 aromatic carbocycles. The number of nitrogens with zero attached hydrogens (tertiary/aromatic N) is 2. The molecule has 1 atom stereocenters. The van der Waals surface area contributed by atoms with Crippen LogP contribution in [0, 0.1) is 0 Å². The van der Waals surface area contributed by atoms with Gasteiger partial charge < -0.3 is 14.5 Å². The first kappa shape index (κ1) is 17.0. The van der Waals surface area contributed by atoms with Gasteiger partial charge in [0.1, 0.15) is 6.10 Å². The number of hydrogen-bond donors (Lipinski definition) is 0. The van der Waals surface area contributed by atoms with Crippen molar-refractivity contribution >= 4 is 5.91 Å². The molecule has 1 aliphatic rings. The van der Waals surface area contributed by atoms with E-state index in [2.05, 4.69) is 4.90 Å². The minimum Gasteiger partial charge on any atom is -0.364 e. The lowest BCUT2D eigenvalue weighted by molar-refractivity contribution is -0.142. The summed E-state index contributed by atoms with van der Waals surface area (Å²) in [6.45, 7) is 6.64. The first-order valence-corrected chi connectivity index (χ1v) is 8.29. The molecule has 1 fully saturated rings. The lowest BCUT2D eigenvalue weighted by Crippen LogP contribution is -2.37. The van der Waals surface area contributed by atoms with Gasteiger partial charge in [-0.3, -0.25) is 4.79 Å². The monoisotopic (exact) mass is 304 g/mol. The average molecular weight is 304 g/mol. The molecular formula is C18H28N2O2. The SMILES string of the molecule is C[C@H](OCc1ccccc1)C(=O)N(C)CCCN1CCCC1. The van der Waals surface area contributed by atoms with Crippen LogP contribution in [-0.2, 0) is 16.1 Å². The topological polar surface area (TPSA) is 32.8 Å². The molecule has 4 nitrogen and oxygen atoms in total. The van der Waals surface area contributed by atoms with E-state index in [4.69, 9.17) is 4.74 Å². The fourth-order valence-corrected chi connectivity index (χ4v) is 2.83. The number of carbonyl (C=O) groups excluding carboxylic acids is 1. The first-order valence-electron chi connectivity index (χ1n) is 8.29. The molecule has 1 aromatic rings. The summed E-state index contributed by atoms with van der Waals surface area (Å²) >= 11 is 0. The lowest BCUT2D eigenvalue weighted by Gasteiger charge is -2.23. The maximum Gasteiger partial charge on any atom is 0.251 e. The molecule has 0 N–H and O–H groups in total. The van der Waals surface area contributed by atoms with E-state index < -0.39 is 6.10 Å². The zero-order chi connectivity index (χ0) is 15.8. The van der Waals surface area contributed by atoms with Gasteiger partial charge in [0.25, 0.3) is 5.91 Å². The molecule has 1 amide bonds. The molecule has 1 heterocycles. The predicted octanol–water partition coefficient (Wildman–Crippen LogP) is 2.54. The van der Waals surface area contributed by atoms with Gasteiger partial charge in [-0.2, -0.15) is 0 Å². The van der Waals surface area contributed by atoms with E-state index in [0.717, 1.165) is 25.1 Å². The minimum atomic E-state index is -0.392. The minimum absolute atomic E-state index is 0.0670. The van der Waals surface area contributed by atoms with Crippen LogP contribution >= 0.6 is 0 Å². The Morgan fingerprint density at radius 1 is 1.27 bits per heavy atom. The third kappa shape index (κ3) is 5.43. The molecule has 0 spiro atoms. The third-order valence-electron chi connectivity index (χ3n) is 4.23. The molecule has 22 heavy (non-hydrogen) atoms. The fraction of sp³-hybridized carbons (Fsp3) is 0.611. The summed E-state index contributed by atoms with van der Waals surface area (Å²) in [4.78, 5) is 16.6. The highest BCUT2D eigenvalue weighted by molar-refractivity contribution is 5.80. The van der Waals surface area contributed by atoms with Crippen LogP contribution in [0.4, 0.5) is 0 Å². The van der Waals surface area contributed by atoms with Gasteiger partial charge in [0, 0.05) is 13.6 Å². The van der Waals surface area contributed by atoms with Crippen LogP contribution in [-0.4, -0.2) is 55.0 Å². The van der Waals surface area contributed by atoms with Gasteiger partial charge in [0.15, 0.2) is 0 Å². The lowest BCUT2D eigenvalue weighted by atomic mass is 10.2. The quantitative estimate of drug-likeness (QED) is 0.740. The molecular weight excluding hydrogens is 276 g/mol. The Morgan fingerprint density at radius 3 is 2.64 bits per heavy atom. The second-order valence-corrected chi connectivity index (χ2v) is 6.10. The predicted molar refractivity (Wildman–Crippen MR) is 88.6 cm³/mol. The molecule has 0 aliphatic carbocycles. The van der Waals surface area contributed by atoms with Gasteiger partial charge in [0.2, 0.25) is 0 Å². The van der Waals surface area contributed by atoms with Crippen molar-refractivity contribution in [3.63, 3.8) is 0 Å². The number of ether oxygens (including phenoxy) is 1. The molecule has 0 bridgehead atoms. The molecule has 0 unspecified atom stereocenters. The first-order chi connectivity index (χ1) is 10.7. The summed E-state index contributed by atoms with van der Waals surface area (Å²) < 4.78 is 5.69. The van der Waals surface area contributed by atoms with Crippen molar-refractivity contribution in [3.8, 4) is 0 Å². The summed E-state index contributed by atoms with van der Waals surface area (Å²) in [7, 11) is 1.87. The summed E-state index contributed by atoms with van der Waals surface area (Å²) in [5.74, 6) is 0.0670. The highest BCUT2D eigenvalue weighted by Crippen LogP contribution is 2.09. The molecule has 122 valence electrons. The Balaban J connectivity index is 1.65. The number of hydrogen-bond acceptors (Lipinski definition) is 3. The van der Waals surface area contributed by atoms with Crippen LogP contribution in [0.15, 0.2) is 30.3 Å². The van der Waals surface area contributed by atoms with Crippen molar-refractivity contribution in [2.24, 2.45) is 0 Å². The highest BCUT2D eigenvalue weighted by atomic mass is 16.5. The van der Waals surface area contributed by atoms with Gasteiger partial charge in [-0.05, 0) is 51.4 Å². The van der Waals surface area contributed by atoms with Crippen molar-refractivity contribution in [1.82, 2.24) is 9.80 Å². The maximum absolute atomic E-state index is 12.3. The number of carbonyl (C=O) groups is 1. The van der Waals surface area contributed by atoms with Crippen LogP contribution in [0.3, 0.4) is 0 Å². The molecule has 2 rings (SSSR count). The van der Waals surface area contributed by atoms with E-state index in [1.807, 2.05) is 44.3 Å². The van der Waals surface area contributed by atoms with Crippen LogP contribution in [0.2, 0.25) is 0 Å². The summed E-state index contributed by atoms with van der Waals surface area (Å²) in [5.41, 5.74) is 1.10. The van der Waals surface area contributed by atoms with Gasteiger partial charge >= 0.3 is 0 Å². The van der Waals surface area contributed by atoms with Crippen LogP contribution in [0.25, 0.3) is 0 Å². The van der Waals surface area contributed by atoms with Crippen LogP contribution in [0.1, 0.15) is 31.7 Å². The molecule has 1 saturated heterocycles. The molecule has 4 heteroatoms. The third-order valence-corrected chi connectivity index (χ3v) is 4.23. The van der Waals surface area contributed by atoms with Crippen molar-refractivity contribution in [2.75, 3.05) is 33.2 Å². The van der Waals surface area contributed by atoms with Crippen molar-refractivity contribution in [1.29, 1.82) is 0 Å². The molecule has 0 aromatic heterocycles. The van der Waals surface area contributed by atoms with E-state index >= 15 is 0 Å². The average Bonchev–Trinajstić information content (AvgIpc) is 3.06. The number of likely N-dealkylation sites (tertiary alicyclic amines) is 1. The van der Waals surface area contributed by atoms with Gasteiger partial charge in [-0.1, -0.05) is 30.3 Å². The Morgan fingerprint density at radius 2 is 1.95 bits per heavy atom. The second-order valence-electron chi connectivity index (χ2n) is 6.10. The largest absolute Gasteiger partial charge is 0.364 e. The standard InChI is InChI=1S/C18H28N2O2/c1-16(22-15-17-9-4-3-5-10-17)18(21)19(2)11-8-14-20-12-6-7-13-20/h3-5,9-10,16H,6-8,11-15H2,1-2H3/t16-/m0/s1. The van der Waals surface area contributed by atoms with Gasteiger partial charge in [-0.25, -0.2) is 0 Å². The van der Waals surface area contributed by atoms with Gasteiger partial charge in [0.05, 0.1) is 6.61 Å². The normalized spacial score (nSPS) is 16.6. The van der Waals surface area contributed by atoms with Crippen LogP contribution < -0.4 is 0 Å². The number of likely N-dealkylation sites (N-methyl/N-ethyl adjacent to an activating group) is 1. The maximum atomic E-state index is 12.3. The van der Waals surface area contributed by atoms with Crippen LogP contribution in [0.5, 0.6) is 0 Å². The Kier molecular flexibility index (Phi) is 6.87.